The first-order valence-electron chi connectivity index (χ1n) is 5.66. The highest BCUT2D eigenvalue weighted by molar-refractivity contribution is 9.11. The molecular formula is C11H17BrN2OS. The molecule has 2 N–H and O–H groups in total. The average Bonchev–Trinajstić information content (AvgIpc) is 2.85. The number of aromatic nitrogens is 1. The molecule has 1 aromatic heterocycles. The van der Waals surface area contributed by atoms with Crippen molar-refractivity contribution in [1.82, 2.24) is 10.3 Å². The minimum absolute atomic E-state index is 0.209. The smallest absolute Gasteiger partial charge is 0.110 e. The summed E-state index contributed by atoms with van der Waals surface area (Å²) in [5.74, 6) is 0. The SMILES string of the molecule is CC(NCC1(O)CCCC1)c1ncc(Br)s1. The number of halogens is 1. The van der Waals surface area contributed by atoms with Crippen molar-refractivity contribution in [3.63, 3.8) is 0 Å². The van der Waals surface area contributed by atoms with Crippen LogP contribution in [-0.4, -0.2) is 22.2 Å². The third-order valence-electron chi connectivity index (χ3n) is 3.14. The van der Waals surface area contributed by atoms with Gasteiger partial charge in [-0.25, -0.2) is 4.98 Å². The predicted octanol–water partition coefficient (Wildman–Crippen LogP) is 2.86. The van der Waals surface area contributed by atoms with Crippen molar-refractivity contribution < 1.29 is 5.11 Å². The van der Waals surface area contributed by atoms with Crippen molar-refractivity contribution >= 4 is 27.3 Å². The van der Waals surface area contributed by atoms with Gasteiger partial charge in [-0.15, -0.1) is 11.3 Å². The molecule has 2 rings (SSSR count). The van der Waals surface area contributed by atoms with Crippen LogP contribution >= 0.6 is 27.3 Å². The van der Waals surface area contributed by atoms with Crippen molar-refractivity contribution in [2.24, 2.45) is 0 Å². The Morgan fingerprint density at radius 1 is 1.62 bits per heavy atom. The van der Waals surface area contributed by atoms with Crippen LogP contribution in [0.2, 0.25) is 0 Å². The molecule has 1 aliphatic carbocycles. The first-order chi connectivity index (χ1) is 7.59. The maximum Gasteiger partial charge on any atom is 0.110 e. The van der Waals surface area contributed by atoms with Crippen LogP contribution < -0.4 is 5.32 Å². The second-order valence-electron chi connectivity index (χ2n) is 4.54. The molecule has 3 nitrogen and oxygen atoms in total. The quantitative estimate of drug-likeness (QED) is 0.899. The minimum atomic E-state index is -0.483. The second-order valence-corrected chi connectivity index (χ2v) is 6.98. The maximum absolute atomic E-state index is 10.2. The molecule has 0 aromatic carbocycles. The van der Waals surface area contributed by atoms with Gasteiger partial charge in [0.15, 0.2) is 0 Å². The fourth-order valence-corrected chi connectivity index (χ4v) is 3.38. The predicted molar refractivity (Wildman–Crippen MR) is 69.6 cm³/mol. The van der Waals surface area contributed by atoms with E-state index in [4.69, 9.17) is 0 Å². The maximum atomic E-state index is 10.2. The Hall–Kier alpha value is 0.0300. The summed E-state index contributed by atoms with van der Waals surface area (Å²) >= 11 is 5.05. The Labute approximate surface area is 108 Å². The number of hydrogen-bond donors (Lipinski definition) is 2. The highest BCUT2D eigenvalue weighted by atomic mass is 79.9. The van der Waals surface area contributed by atoms with Gasteiger partial charge in [0, 0.05) is 6.54 Å². The zero-order valence-electron chi connectivity index (χ0n) is 9.37. The van der Waals surface area contributed by atoms with E-state index in [9.17, 15) is 5.11 Å². The van der Waals surface area contributed by atoms with Crippen molar-refractivity contribution in [3.05, 3.63) is 15.0 Å². The lowest BCUT2D eigenvalue weighted by Crippen LogP contribution is -2.38. The molecule has 0 saturated heterocycles. The molecule has 1 unspecified atom stereocenters. The summed E-state index contributed by atoms with van der Waals surface area (Å²) in [5.41, 5.74) is -0.483. The fraction of sp³-hybridized carbons (Fsp3) is 0.727. The molecule has 0 aliphatic heterocycles. The van der Waals surface area contributed by atoms with Crippen LogP contribution in [-0.2, 0) is 0 Å². The standard InChI is InChI=1S/C11H17BrN2OS/c1-8(10-13-6-9(12)16-10)14-7-11(15)4-2-3-5-11/h6,8,14-15H,2-5,7H2,1H3. The highest BCUT2D eigenvalue weighted by Gasteiger charge is 2.31. The van der Waals surface area contributed by atoms with Gasteiger partial charge in [0.05, 0.1) is 21.6 Å². The van der Waals surface area contributed by atoms with E-state index in [1.165, 1.54) is 0 Å². The van der Waals surface area contributed by atoms with Crippen LogP contribution in [0.25, 0.3) is 0 Å². The van der Waals surface area contributed by atoms with Gasteiger partial charge < -0.3 is 10.4 Å². The Kier molecular flexibility index (Phi) is 4.00. The van der Waals surface area contributed by atoms with E-state index in [0.717, 1.165) is 34.5 Å². The van der Waals surface area contributed by atoms with E-state index in [0.29, 0.717) is 6.54 Å². The summed E-state index contributed by atoms with van der Waals surface area (Å²) in [5, 5.41) is 14.6. The Morgan fingerprint density at radius 2 is 2.31 bits per heavy atom. The summed E-state index contributed by atoms with van der Waals surface area (Å²) in [6, 6.07) is 0.209. The molecule has 1 saturated carbocycles. The molecule has 1 aromatic rings. The Bertz CT molecular complexity index is 350. The van der Waals surface area contributed by atoms with Gasteiger partial charge in [-0.2, -0.15) is 0 Å². The van der Waals surface area contributed by atoms with Crippen LogP contribution in [0.1, 0.15) is 43.7 Å². The molecule has 5 heteroatoms. The first kappa shape index (κ1) is 12.5. The molecule has 16 heavy (non-hydrogen) atoms. The minimum Gasteiger partial charge on any atom is -0.389 e. The van der Waals surface area contributed by atoms with E-state index >= 15 is 0 Å². The first-order valence-corrected chi connectivity index (χ1v) is 7.27. The summed E-state index contributed by atoms with van der Waals surface area (Å²) in [6.07, 6.45) is 5.97. The van der Waals surface area contributed by atoms with Crippen LogP contribution in [0, 0.1) is 0 Å². The molecular weight excluding hydrogens is 288 g/mol. The Balaban J connectivity index is 1.86. The van der Waals surface area contributed by atoms with E-state index in [1.807, 2.05) is 6.20 Å². The molecule has 1 fully saturated rings. The third-order valence-corrected chi connectivity index (χ3v) is 4.80. The van der Waals surface area contributed by atoms with Crippen LogP contribution in [0.15, 0.2) is 9.98 Å². The zero-order valence-corrected chi connectivity index (χ0v) is 11.8. The van der Waals surface area contributed by atoms with Gasteiger partial charge in [0.2, 0.25) is 0 Å². The number of nitrogens with one attached hydrogen (secondary N) is 1. The van der Waals surface area contributed by atoms with Crippen LogP contribution in [0.5, 0.6) is 0 Å². The molecule has 1 aliphatic rings. The van der Waals surface area contributed by atoms with Crippen LogP contribution in [0.3, 0.4) is 0 Å². The van der Waals surface area contributed by atoms with Gasteiger partial charge >= 0.3 is 0 Å². The van der Waals surface area contributed by atoms with Gasteiger partial charge in [-0.3, -0.25) is 0 Å². The summed E-state index contributed by atoms with van der Waals surface area (Å²) in [7, 11) is 0. The largest absolute Gasteiger partial charge is 0.389 e. The summed E-state index contributed by atoms with van der Waals surface area (Å²) < 4.78 is 1.05. The lowest BCUT2D eigenvalue weighted by atomic mass is 10.0. The molecule has 0 spiro atoms. The normalized spacial score (nSPS) is 21.2. The van der Waals surface area contributed by atoms with Gasteiger partial charge in [0.25, 0.3) is 0 Å². The van der Waals surface area contributed by atoms with Crippen molar-refractivity contribution in [2.75, 3.05) is 6.54 Å². The highest BCUT2D eigenvalue weighted by Crippen LogP contribution is 2.30. The van der Waals surface area contributed by atoms with E-state index in [-0.39, 0.29) is 6.04 Å². The van der Waals surface area contributed by atoms with Crippen molar-refractivity contribution in [2.45, 2.75) is 44.2 Å². The third kappa shape index (κ3) is 3.03. The zero-order chi connectivity index (χ0) is 11.6. The lowest BCUT2D eigenvalue weighted by molar-refractivity contribution is 0.0453. The lowest BCUT2D eigenvalue weighted by Gasteiger charge is -2.24. The van der Waals surface area contributed by atoms with Gasteiger partial charge in [-0.05, 0) is 35.7 Å². The van der Waals surface area contributed by atoms with Crippen molar-refractivity contribution in [3.8, 4) is 0 Å². The molecule has 0 amide bonds. The van der Waals surface area contributed by atoms with E-state index in [2.05, 4.69) is 33.2 Å². The second kappa shape index (κ2) is 5.12. The molecule has 1 heterocycles. The summed E-state index contributed by atoms with van der Waals surface area (Å²) in [4.78, 5) is 4.31. The topological polar surface area (TPSA) is 45.1 Å². The number of hydrogen-bond acceptors (Lipinski definition) is 4. The fourth-order valence-electron chi connectivity index (χ4n) is 2.11. The number of thiazole rings is 1. The van der Waals surface area contributed by atoms with E-state index < -0.39 is 5.60 Å². The molecule has 0 bridgehead atoms. The molecule has 90 valence electrons. The average molecular weight is 305 g/mol. The number of nitrogens with zero attached hydrogens (tertiary/aromatic N) is 1. The molecule has 1 atom stereocenters. The number of rotatable bonds is 4. The molecule has 0 radical (unpaired) electrons. The monoisotopic (exact) mass is 304 g/mol. The summed E-state index contributed by atoms with van der Waals surface area (Å²) in [6.45, 7) is 2.76. The number of aliphatic hydroxyl groups is 1. The van der Waals surface area contributed by atoms with Gasteiger partial charge in [-0.1, -0.05) is 12.8 Å². The Morgan fingerprint density at radius 3 is 2.88 bits per heavy atom. The van der Waals surface area contributed by atoms with Crippen LogP contribution in [0.4, 0.5) is 0 Å². The van der Waals surface area contributed by atoms with Gasteiger partial charge in [0.1, 0.15) is 5.01 Å². The van der Waals surface area contributed by atoms with Crippen molar-refractivity contribution in [1.29, 1.82) is 0 Å². The van der Waals surface area contributed by atoms with E-state index in [1.54, 1.807) is 11.3 Å².